The van der Waals surface area contributed by atoms with Gasteiger partial charge in [-0.1, -0.05) is 23.2 Å². The fourth-order valence-corrected chi connectivity index (χ4v) is 0.989. The van der Waals surface area contributed by atoms with Crippen molar-refractivity contribution in [3.05, 3.63) is 33.8 Å². The molecular weight excluding hydrogens is 201 g/mol. The van der Waals surface area contributed by atoms with Crippen LogP contribution < -0.4 is 5.90 Å². The highest BCUT2D eigenvalue weighted by atomic mass is 35.5. The number of halogens is 2. The van der Waals surface area contributed by atoms with Crippen molar-refractivity contribution in [2.24, 2.45) is 5.90 Å². The van der Waals surface area contributed by atoms with E-state index in [1.807, 2.05) is 0 Å². The van der Waals surface area contributed by atoms with Gasteiger partial charge >= 0.3 is 5.97 Å². The lowest BCUT2D eigenvalue weighted by Crippen LogP contribution is -2.09. The number of rotatable bonds is 1. The SMILES string of the molecule is NOC(=O)c1ccc(Cl)c(Cl)c1. The van der Waals surface area contributed by atoms with Crippen molar-refractivity contribution in [2.75, 3.05) is 0 Å². The summed E-state index contributed by atoms with van der Waals surface area (Å²) in [5.41, 5.74) is 0.270. The Hall–Kier alpha value is -0.770. The van der Waals surface area contributed by atoms with Crippen molar-refractivity contribution < 1.29 is 9.63 Å². The van der Waals surface area contributed by atoms with E-state index >= 15 is 0 Å². The Kier molecular flexibility index (Phi) is 2.92. The van der Waals surface area contributed by atoms with Crippen LogP contribution in [-0.4, -0.2) is 5.97 Å². The topological polar surface area (TPSA) is 52.3 Å². The van der Waals surface area contributed by atoms with Gasteiger partial charge in [0.15, 0.2) is 0 Å². The first-order chi connectivity index (χ1) is 5.65. The highest BCUT2D eigenvalue weighted by Crippen LogP contribution is 2.22. The Labute approximate surface area is 79.0 Å². The summed E-state index contributed by atoms with van der Waals surface area (Å²) in [6.07, 6.45) is 0. The molecule has 0 fully saturated rings. The average molecular weight is 206 g/mol. The van der Waals surface area contributed by atoms with E-state index in [1.165, 1.54) is 18.2 Å². The van der Waals surface area contributed by atoms with E-state index in [9.17, 15) is 4.79 Å². The predicted octanol–water partition coefficient (Wildman–Crippen LogP) is 2.02. The molecule has 1 aromatic rings. The summed E-state index contributed by atoms with van der Waals surface area (Å²) in [6, 6.07) is 4.36. The first-order valence-electron chi connectivity index (χ1n) is 3.01. The molecule has 1 aromatic carbocycles. The van der Waals surface area contributed by atoms with E-state index in [0.717, 1.165) is 0 Å². The molecule has 0 bridgehead atoms. The summed E-state index contributed by atoms with van der Waals surface area (Å²) in [4.78, 5) is 14.8. The Morgan fingerprint density at radius 2 is 2.00 bits per heavy atom. The van der Waals surface area contributed by atoms with Gasteiger partial charge in [0.1, 0.15) is 0 Å². The van der Waals surface area contributed by atoms with Gasteiger partial charge in [-0.3, -0.25) is 0 Å². The first kappa shape index (κ1) is 9.32. The normalized spacial score (nSPS) is 9.58. The van der Waals surface area contributed by atoms with Gasteiger partial charge in [-0.05, 0) is 18.2 Å². The number of nitrogens with two attached hydrogens (primary N) is 1. The van der Waals surface area contributed by atoms with Crippen molar-refractivity contribution in [1.82, 2.24) is 0 Å². The second-order valence-corrected chi connectivity index (χ2v) is 2.85. The molecule has 0 aromatic heterocycles. The van der Waals surface area contributed by atoms with Crippen LogP contribution in [-0.2, 0) is 4.84 Å². The van der Waals surface area contributed by atoms with Crippen LogP contribution in [0.1, 0.15) is 10.4 Å². The van der Waals surface area contributed by atoms with E-state index in [4.69, 9.17) is 23.2 Å². The van der Waals surface area contributed by atoms with E-state index in [2.05, 4.69) is 10.7 Å². The number of hydrogen-bond acceptors (Lipinski definition) is 3. The number of benzene rings is 1. The van der Waals surface area contributed by atoms with Gasteiger partial charge in [-0.15, -0.1) is 0 Å². The Morgan fingerprint density at radius 1 is 1.33 bits per heavy atom. The molecule has 3 nitrogen and oxygen atoms in total. The molecule has 64 valence electrons. The van der Waals surface area contributed by atoms with Crippen LogP contribution in [0.15, 0.2) is 18.2 Å². The maximum absolute atomic E-state index is 10.8. The smallest absolute Gasteiger partial charge is 0.356 e. The largest absolute Gasteiger partial charge is 0.370 e. The molecular formula is C7H5Cl2NO2. The van der Waals surface area contributed by atoms with Crippen LogP contribution in [0.3, 0.4) is 0 Å². The van der Waals surface area contributed by atoms with Crippen molar-refractivity contribution in [3.8, 4) is 0 Å². The molecule has 0 aliphatic heterocycles. The molecule has 0 amide bonds. The predicted molar refractivity (Wildman–Crippen MR) is 46.1 cm³/mol. The van der Waals surface area contributed by atoms with Gasteiger partial charge in [0.25, 0.3) is 0 Å². The molecule has 12 heavy (non-hydrogen) atoms. The van der Waals surface area contributed by atoms with E-state index in [1.54, 1.807) is 0 Å². The summed E-state index contributed by atoms with van der Waals surface area (Å²) in [5.74, 6) is 4.02. The van der Waals surface area contributed by atoms with Gasteiger partial charge < -0.3 is 4.84 Å². The lowest BCUT2D eigenvalue weighted by Gasteiger charge is -1.99. The van der Waals surface area contributed by atoms with Gasteiger partial charge in [0.05, 0.1) is 15.6 Å². The quantitative estimate of drug-likeness (QED) is 0.715. The summed E-state index contributed by atoms with van der Waals surface area (Å²) < 4.78 is 0. The van der Waals surface area contributed by atoms with Gasteiger partial charge in [-0.2, -0.15) is 5.90 Å². The molecule has 0 atom stereocenters. The van der Waals surface area contributed by atoms with Crippen LogP contribution in [0.5, 0.6) is 0 Å². The van der Waals surface area contributed by atoms with Crippen LogP contribution >= 0.6 is 23.2 Å². The zero-order chi connectivity index (χ0) is 9.14. The molecule has 0 saturated carbocycles. The van der Waals surface area contributed by atoms with Crippen molar-refractivity contribution in [1.29, 1.82) is 0 Å². The number of carbonyl (C=O) groups is 1. The Balaban J connectivity index is 3.05. The molecule has 0 aliphatic rings. The van der Waals surface area contributed by atoms with Crippen molar-refractivity contribution in [3.63, 3.8) is 0 Å². The number of hydrogen-bond donors (Lipinski definition) is 1. The van der Waals surface area contributed by atoms with Gasteiger partial charge in [0.2, 0.25) is 0 Å². The van der Waals surface area contributed by atoms with Crippen LogP contribution in [0.4, 0.5) is 0 Å². The van der Waals surface area contributed by atoms with Crippen LogP contribution in [0.25, 0.3) is 0 Å². The molecule has 0 saturated heterocycles. The average Bonchev–Trinajstić information content (AvgIpc) is 2.08. The van der Waals surface area contributed by atoms with Crippen molar-refractivity contribution >= 4 is 29.2 Å². The third-order valence-electron chi connectivity index (χ3n) is 1.26. The third-order valence-corrected chi connectivity index (χ3v) is 2.00. The minimum atomic E-state index is -0.645. The summed E-state index contributed by atoms with van der Waals surface area (Å²) in [6.45, 7) is 0. The van der Waals surface area contributed by atoms with E-state index in [-0.39, 0.29) is 5.56 Å². The lowest BCUT2D eigenvalue weighted by molar-refractivity contribution is 0.0503. The minimum Gasteiger partial charge on any atom is -0.370 e. The minimum absolute atomic E-state index is 0.270. The molecule has 0 unspecified atom stereocenters. The summed E-state index contributed by atoms with van der Waals surface area (Å²) in [7, 11) is 0. The summed E-state index contributed by atoms with van der Waals surface area (Å²) >= 11 is 11.2. The first-order valence-corrected chi connectivity index (χ1v) is 3.77. The fraction of sp³-hybridized carbons (Fsp3) is 0. The molecule has 0 aliphatic carbocycles. The van der Waals surface area contributed by atoms with Gasteiger partial charge in [-0.25, -0.2) is 4.79 Å². The van der Waals surface area contributed by atoms with Gasteiger partial charge in [0, 0.05) is 0 Å². The third kappa shape index (κ3) is 1.88. The maximum atomic E-state index is 10.8. The van der Waals surface area contributed by atoms with E-state index in [0.29, 0.717) is 10.0 Å². The number of carbonyl (C=O) groups excluding carboxylic acids is 1. The molecule has 0 radical (unpaired) electrons. The highest BCUT2D eigenvalue weighted by Gasteiger charge is 2.07. The fourth-order valence-electron chi connectivity index (χ4n) is 0.691. The molecule has 0 heterocycles. The lowest BCUT2D eigenvalue weighted by atomic mass is 10.2. The highest BCUT2D eigenvalue weighted by molar-refractivity contribution is 6.42. The maximum Gasteiger partial charge on any atom is 0.356 e. The second kappa shape index (κ2) is 3.76. The standard InChI is InChI=1S/C7H5Cl2NO2/c8-5-2-1-4(3-6(5)9)7(11)12-10/h1-3H,10H2. The molecule has 0 spiro atoms. The van der Waals surface area contributed by atoms with Crippen molar-refractivity contribution in [2.45, 2.75) is 0 Å². The summed E-state index contributed by atoms with van der Waals surface area (Å²) in [5, 5.41) is 0.671. The molecule has 5 heteroatoms. The Bertz CT molecular complexity index is 314. The molecule has 2 N–H and O–H groups in total. The molecule has 1 rings (SSSR count). The van der Waals surface area contributed by atoms with Crippen LogP contribution in [0.2, 0.25) is 10.0 Å². The second-order valence-electron chi connectivity index (χ2n) is 2.03. The Morgan fingerprint density at radius 3 is 2.50 bits per heavy atom. The zero-order valence-electron chi connectivity index (χ0n) is 5.88. The zero-order valence-corrected chi connectivity index (χ0v) is 7.39. The monoisotopic (exact) mass is 205 g/mol. The van der Waals surface area contributed by atoms with E-state index < -0.39 is 5.97 Å². The van der Waals surface area contributed by atoms with Crippen LogP contribution in [0, 0.1) is 0 Å².